The minimum absolute atomic E-state index is 0.872. The lowest BCUT2D eigenvalue weighted by atomic mass is 9.95. The normalized spacial score (nSPS) is 14.2. The molecule has 1 heterocycles. The van der Waals surface area contributed by atoms with Crippen molar-refractivity contribution in [3.05, 3.63) is 59.4 Å². The maximum absolute atomic E-state index is 4.70. The van der Waals surface area contributed by atoms with Crippen molar-refractivity contribution in [3.8, 4) is 0 Å². The Kier molecular flexibility index (Phi) is 3.01. The molecule has 0 saturated carbocycles. The number of aromatic nitrogens is 2. The molecule has 2 heteroatoms. The Morgan fingerprint density at radius 2 is 1.94 bits per heavy atom. The molecule has 0 amide bonds. The highest BCUT2D eigenvalue weighted by Gasteiger charge is 2.18. The summed E-state index contributed by atoms with van der Waals surface area (Å²) in [5, 5.41) is 4.70. The van der Waals surface area contributed by atoms with Gasteiger partial charge < -0.3 is 0 Å². The molecule has 0 unspecified atom stereocenters. The second kappa shape index (κ2) is 4.81. The Balaban J connectivity index is 1.97. The first-order chi connectivity index (χ1) is 8.88. The smallest absolute Gasteiger partial charge is 0.0880 e. The van der Waals surface area contributed by atoms with E-state index in [2.05, 4.69) is 41.6 Å². The summed E-state index contributed by atoms with van der Waals surface area (Å²) in [5.41, 5.74) is 5.23. The minimum Gasteiger partial charge on any atom is -0.264 e. The van der Waals surface area contributed by atoms with E-state index in [0.717, 1.165) is 25.1 Å². The molecule has 0 atom stereocenters. The lowest BCUT2D eigenvalue weighted by molar-refractivity contribution is 0.595. The molecule has 0 saturated heterocycles. The lowest BCUT2D eigenvalue weighted by Crippen LogP contribution is -2.10. The summed E-state index contributed by atoms with van der Waals surface area (Å²) >= 11 is 0. The van der Waals surface area contributed by atoms with E-state index in [-0.39, 0.29) is 0 Å². The van der Waals surface area contributed by atoms with E-state index < -0.39 is 0 Å². The summed E-state index contributed by atoms with van der Waals surface area (Å²) in [4.78, 5) is 0. The van der Waals surface area contributed by atoms with E-state index in [1.165, 1.54) is 29.7 Å². The van der Waals surface area contributed by atoms with Crippen LogP contribution in [0.5, 0.6) is 0 Å². The third-order valence-corrected chi connectivity index (χ3v) is 3.66. The van der Waals surface area contributed by atoms with E-state index >= 15 is 0 Å². The molecule has 0 aliphatic heterocycles. The van der Waals surface area contributed by atoms with Gasteiger partial charge >= 0.3 is 0 Å². The van der Waals surface area contributed by atoms with E-state index in [4.69, 9.17) is 5.10 Å². The van der Waals surface area contributed by atoms with Crippen LogP contribution in [0.3, 0.4) is 0 Å². The highest BCUT2D eigenvalue weighted by atomic mass is 15.3. The predicted molar refractivity (Wildman–Crippen MR) is 74.5 cm³/mol. The minimum atomic E-state index is 0.872. The summed E-state index contributed by atoms with van der Waals surface area (Å²) in [6, 6.07) is 10.5. The molecule has 18 heavy (non-hydrogen) atoms. The second-order valence-electron chi connectivity index (χ2n) is 4.86. The molecular formula is C16H18N2. The summed E-state index contributed by atoms with van der Waals surface area (Å²) in [6.07, 6.45) is 6.77. The largest absolute Gasteiger partial charge is 0.264 e. The third-order valence-electron chi connectivity index (χ3n) is 3.66. The van der Waals surface area contributed by atoms with Crippen LogP contribution in [0.4, 0.5) is 0 Å². The van der Waals surface area contributed by atoms with E-state index in [1.807, 2.05) is 6.08 Å². The molecule has 0 bridgehead atoms. The van der Waals surface area contributed by atoms with E-state index in [9.17, 15) is 0 Å². The van der Waals surface area contributed by atoms with Gasteiger partial charge in [0.05, 0.1) is 12.2 Å². The first-order valence-electron chi connectivity index (χ1n) is 6.63. The summed E-state index contributed by atoms with van der Waals surface area (Å²) in [6.45, 7) is 4.76. The molecule has 1 aliphatic rings. The summed E-state index contributed by atoms with van der Waals surface area (Å²) in [7, 11) is 0. The Morgan fingerprint density at radius 3 is 2.72 bits per heavy atom. The van der Waals surface area contributed by atoms with Gasteiger partial charge in [0.2, 0.25) is 0 Å². The standard InChI is InChI=1S/C16H18N2/c1-2-15-14-10-6-7-11-16(14)18(17-15)12-13-8-4-3-5-9-13/h2-5,8-9H,1,6-7,10-12H2. The number of benzene rings is 1. The molecule has 92 valence electrons. The van der Waals surface area contributed by atoms with Crippen LogP contribution in [0.15, 0.2) is 36.9 Å². The molecule has 1 aromatic carbocycles. The van der Waals surface area contributed by atoms with Crippen molar-refractivity contribution in [2.24, 2.45) is 0 Å². The second-order valence-corrected chi connectivity index (χ2v) is 4.86. The first-order valence-corrected chi connectivity index (χ1v) is 6.63. The van der Waals surface area contributed by atoms with Crippen molar-refractivity contribution in [3.63, 3.8) is 0 Å². The SMILES string of the molecule is C=Cc1nn(Cc2ccccc2)c2c1CCCC2. The molecule has 2 nitrogen and oxygen atoms in total. The first kappa shape index (κ1) is 11.3. The fourth-order valence-corrected chi connectivity index (χ4v) is 2.75. The van der Waals surface area contributed by atoms with Crippen molar-refractivity contribution in [1.29, 1.82) is 0 Å². The van der Waals surface area contributed by atoms with Gasteiger partial charge in [0.25, 0.3) is 0 Å². The van der Waals surface area contributed by atoms with Crippen molar-refractivity contribution in [2.75, 3.05) is 0 Å². The lowest BCUT2D eigenvalue weighted by Gasteiger charge is -2.14. The molecule has 2 aromatic rings. The zero-order valence-electron chi connectivity index (χ0n) is 10.6. The molecule has 1 aliphatic carbocycles. The van der Waals surface area contributed by atoms with Crippen molar-refractivity contribution in [2.45, 2.75) is 32.2 Å². The molecule has 0 spiro atoms. The number of nitrogens with zero attached hydrogens (tertiary/aromatic N) is 2. The quantitative estimate of drug-likeness (QED) is 0.800. The molecule has 3 rings (SSSR count). The third kappa shape index (κ3) is 1.99. The molecule has 0 fully saturated rings. The van der Waals surface area contributed by atoms with Gasteiger partial charge in [-0.1, -0.05) is 36.9 Å². The Morgan fingerprint density at radius 1 is 1.17 bits per heavy atom. The number of fused-ring (bicyclic) bond motifs is 1. The molecule has 0 N–H and O–H groups in total. The number of rotatable bonds is 3. The van der Waals surface area contributed by atoms with Crippen LogP contribution >= 0.6 is 0 Å². The van der Waals surface area contributed by atoms with Gasteiger partial charge in [0.15, 0.2) is 0 Å². The highest BCUT2D eigenvalue weighted by Crippen LogP contribution is 2.25. The predicted octanol–water partition coefficient (Wildman–Crippen LogP) is 3.45. The van der Waals surface area contributed by atoms with E-state index in [1.54, 1.807) is 0 Å². The van der Waals surface area contributed by atoms with Crippen molar-refractivity contribution < 1.29 is 0 Å². The van der Waals surface area contributed by atoms with Crippen LogP contribution in [-0.4, -0.2) is 9.78 Å². The molecular weight excluding hydrogens is 220 g/mol. The van der Waals surface area contributed by atoms with Crippen molar-refractivity contribution in [1.82, 2.24) is 9.78 Å². The van der Waals surface area contributed by atoms with Crippen LogP contribution in [-0.2, 0) is 19.4 Å². The fraction of sp³-hybridized carbons (Fsp3) is 0.312. The maximum atomic E-state index is 4.70. The topological polar surface area (TPSA) is 17.8 Å². The van der Waals surface area contributed by atoms with Gasteiger partial charge in [0.1, 0.15) is 0 Å². The monoisotopic (exact) mass is 238 g/mol. The highest BCUT2D eigenvalue weighted by molar-refractivity contribution is 5.49. The maximum Gasteiger partial charge on any atom is 0.0880 e. The van der Waals surface area contributed by atoms with Gasteiger partial charge in [-0.3, -0.25) is 4.68 Å². The fourth-order valence-electron chi connectivity index (χ4n) is 2.75. The van der Waals surface area contributed by atoms with Crippen LogP contribution in [0.2, 0.25) is 0 Å². The Labute approximate surface area is 108 Å². The van der Waals surface area contributed by atoms with Gasteiger partial charge in [-0.15, -0.1) is 0 Å². The average molecular weight is 238 g/mol. The molecule has 0 radical (unpaired) electrons. The Bertz CT molecular complexity index is 552. The Hall–Kier alpha value is -1.83. The van der Waals surface area contributed by atoms with Gasteiger partial charge in [-0.05, 0) is 37.3 Å². The van der Waals surface area contributed by atoms with Crippen molar-refractivity contribution >= 4 is 6.08 Å². The van der Waals surface area contributed by atoms with Crippen LogP contribution < -0.4 is 0 Å². The summed E-state index contributed by atoms with van der Waals surface area (Å²) in [5.74, 6) is 0. The zero-order valence-corrected chi connectivity index (χ0v) is 10.6. The van der Waals surface area contributed by atoms with Gasteiger partial charge in [-0.25, -0.2) is 0 Å². The van der Waals surface area contributed by atoms with Crippen LogP contribution in [0.1, 0.15) is 35.4 Å². The zero-order chi connectivity index (χ0) is 12.4. The van der Waals surface area contributed by atoms with Crippen LogP contribution in [0.25, 0.3) is 6.08 Å². The summed E-state index contributed by atoms with van der Waals surface area (Å²) < 4.78 is 2.17. The van der Waals surface area contributed by atoms with Gasteiger partial charge in [0, 0.05) is 11.3 Å². The number of hydrogen-bond donors (Lipinski definition) is 0. The molecule has 1 aromatic heterocycles. The van der Waals surface area contributed by atoms with E-state index in [0.29, 0.717) is 0 Å². The van der Waals surface area contributed by atoms with Crippen LogP contribution in [0, 0.1) is 0 Å². The van der Waals surface area contributed by atoms with Gasteiger partial charge in [-0.2, -0.15) is 5.10 Å². The average Bonchev–Trinajstić information content (AvgIpc) is 2.78. The number of hydrogen-bond acceptors (Lipinski definition) is 1.